The summed E-state index contributed by atoms with van der Waals surface area (Å²) in [6.07, 6.45) is 1.68. The lowest BCUT2D eigenvalue weighted by atomic mass is 10.3. The van der Waals surface area contributed by atoms with Crippen LogP contribution in [0.4, 0.5) is 11.4 Å². The van der Waals surface area contributed by atoms with Crippen LogP contribution in [0.1, 0.15) is 19.8 Å². The number of nitro benzene ring substituents is 1. The average molecular weight is 299 g/mol. The van der Waals surface area contributed by atoms with Crippen molar-refractivity contribution in [3.05, 3.63) is 28.3 Å². The van der Waals surface area contributed by atoms with Gasteiger partial charge in [0.25, 0.3) is 5.69 Å². The summed E-state index contributed by atoms with van der Waals surface area (Å²) in [5.41, 5.74) is 0.0591. The van der Waals surface area contributed by atoms with Gasteiger partial charge in [-0.25, -0.2) is 8.42 Å². The summed E-state index contributed by atoms with van der Waals surface area (Å²) in [5, 5.41) is 13.5. The molecule has 0 amide bonds. The van der Waals surface area contributed by atoms with Crippen LogP contribution in [0.25, 0.3) is 0 Å². The van der Waals surface area contributed by atoms with Crippen molar-refractivity contribution in [3.63, 3.8) is 0 Å². The van der Waals surface area contributed by atoms with E-state index in [1.807, 2.05) is 6.92 Å². The quantitative estimate of drug-likeness (QED) is 0.676. The van der Waals surface area contributed by atoms with Gasteiger partial charge in [-0.1, -0.05) is 0 Å². The molecule has 1 aromatic carbocycles. The number of nitrogens with one attached hydrogen (secondary N) is 1. The standard InChI is InChI=1S/C12H17N3O4S/c1-9-4-3-7-14(9)20(18,19)10-5-6-12(15(16)17)11(8-10)13-2/h5-6,8-9,13H,3-4,7H2,1-2H3. The van der Waals surface area contributed by atoms with Crippen molar-refractivity contribution < 1.29 is 13.3 Å². The molecule has 110 valence electrons. The number of sulfonamides is 1. The van der Waals surface area contributed by atoms with E-state index < -0.39 is 14.9 Å². The minimum atomic E-state index is -3.59. The van der Waals surface area contributed by atoms with Gasteiger partial charge in [0.15, 0.2) is 0 Å². The molecule has 0 aliphatic carbocycles. The molecule has 1 heterocycles. The van der Waals surface area contributed by atoms with Crippen LogP contribution in [0.2, 0.25) is 0 Å². The van der Waals surface area contributed by atoms with E-state index in [2.05, 4.69) is 5.32 Å². The second-order valence-electron chi connectivity index (χ2n) is 4.79. The number of nitro groups is 1. The molecule has 0 aromatic heterocycles. The van der Waals surface area contributed by atoms with Gasteiger partial charge in [-0.05, 0) is 31.9 Å². The summed E-state index contributed by atoms with van der Waals surface area (Å²) in [6, 6.07) is 3.80. The Kier molecular flexibility index (Phi) is 3.96. The maximum atomic E-state index is 12.5. The highest BCUT2D eigenvalue weighted by atomic mass is 32.2. The first-order chi connectivity index (χ1) is 9.37. The third-order valence-corrected chi connectivity index (χ3v) is 5.54. The van der Waals surface area contributed by atoms with Crippen molar-refractivity contribution in [2.75, 3.05) is 18.9 Å². The van der Waals surface area contributed by atoms with Gasteiger partial charge in [0.1, 0.15) is 5.69 Å². The first kappa shape index (κ1) is 14.7. The average Bonchev–Trinajstić information content (AvgIpc) is 2.84. The first-order valence-electron chi connectivity index (χ1n) is 6.36. The fourth-order valence-electron chi connectivity index (χ4n) is 2.43. The Morgan fingerprint density at radius 2 is 2.15 bits per heavy atom. The Morgan fingerprint density at radius 1 is 1.45 bits per heavy atom. The topological polar surface area (TPSA) is 92.6 Å². The van der Waals surface area contributed by atoms with Gasteiger partial charge in [0.2, 0.25) is 10.0 Å². The van der Waals surface area contributed by atoms with E-state index in [1.54, 1.807) is 0 Å². The Morgan fingerprint density at radius 3 is 2.65 bits per heavy atom. The highest BCUT2D eigenvalue weighted by molar-refractivity contribution is 7.89. The molecule has 2 rings (SSSR count). The summed E-state index contributed by atoms with van der Waals surface area (Å²) in [7, 11) is -2.07. The van der Waals surface area contributed by atoms with Crippen molar-refractivity contribution >= 4 is 21.4 Å². The van der Waals surface area contributed by atoms with Gasteiger partial charge in [0, 0.05) is 25.7 Å². The fourth-order valence-corrected chi connectivity index (χ4v) is 4.16. The summed E-state index contributed by atoms with van der Waals surface area (Å²) in [4.78, 5) is 10.4. The predicted molar refractivity (Wildman–Crippen MR) is 75.2 cm³/mol. The summed E-state index contributed by atoms with van der Waals surface area (Å²) >= 11 is 0. The van der Waals surface area contributed by atoms with Crippen molar-refractivity contribution in [3.8, 4) is 0 Å². The zero-order chi connectivity index (χ0) is 14.9. The molecule has 1 aliphatic heterocycles. The van der Waals surface area contributed by atoms with E-state index in [9.17, 15) is 18.5 Å². The molecule has 20 heavy (non-hydrogen) atoms. The Labute approximate surface area is 117 Å². The largest absolute Gasteiger partial charge is 0.383 e. The van der Waals surface area contributed by atoms with E-state index in [1.165, 1.54) is 29.6 Å². The van der Waals surface area contributed by atoms with Crippen LogP contribution in [-0.4, -0.2) is 37.3 Å². The van der Waals surface area contributed by atoms with Gasteiger partial charge >= 0.3 is 0 Å². The third kappa shape index (κ3) is 2.48. The van der Waals surface area contributed by atoms with Crippen molar-refractivity contribution in [1.82, 2.24) is 4.31 Å². The molecule has 7 nitrogen and oxygen atoms in total. The van der Waals surface area contributed by atoms with Crippen molar-refractivity contribution in [2.24, 2.45) is 0 Å². The first-order valence-corrected chi connectivity index (χ1v) is 7.80. The molecule has 1 N–H and O–H groups in total. The van der Waals surface area contributed by atoms with Crippen LogP contribution in [0, 0.1) is 10.1 Å². The highest BCUT2D eigenvalue weighted by Crippen LogP contribution is 2.31. The molecule has 1 atom stereocenters. The summed E-state index contributed by atoms with van der Waals surface area (Å²) in [5.74, 6) is 0. The molecule has 1 saturated heterocycles. The normalized spacial score (nSPS) is 20.0. The molecular formula is C12H17N3O4S. The smallest absolute Gasteiger partial charge is 0.292 e. The van der Waals surface area contributed by atoms with Gasteiger partial charge in [-0.3, -0.25) is 10.1 Å². The van der Waals surface area contributed by atoms with E-state index in [0.717, 1.165) is 12.8 Å². The Hall–Kier alpha value is -1.67. The molecule has 0 bridgehead atoms. The van der Waals surface area contributed by atoms with Crippen LogP contribution in [0.15, 0.2) is 23.1 Å². The van der Waals surface area contributed by atoms with E-state index in [0.29, 0.717) is 6.54 Å². The molecule has 8 heteroatoms. The number of hydrogen-bond acceptors (Lipinski definition) is 5. The number of anilines is 1. The second-order valence-corrected chi connectivity index (χ2v) is 6.68. The zero-order valence-electron chi connectivity index (χ0n) is 11.4. The SMILES string of the molecule is CNc1cc(S(=O)(=O)N2CCCC2C)ccc1[N+](=O)[O-]. The highest BCUT2D eigenvalue weighted by Gasteiger charge is 2.33. The van der Waals surface area contributed by atoms with Crippen LogP contribution in [-0.2, 0) is 10.0 Å². The summed E-state index contributed by atoms with van der Waals surface area (Å²) < 4.78 is 26.5. The lowest BCUT2D eigenvalue weighted by Gasteiger charge is -2.21. The number of rotatable bonds is 4. The predicted octanol–water partition coefficient (Wildman–Crippen LogP) is 1.81. The molecule has 1 aromatic rings. The number of nitrogens with zero attached hydrogens (tertiary/aromatic N) is 2. The van der Waals surface area contributed by atoms with E-state index >= 15 is 0 Å². The monoisotopic (exact) mass is 299 g/mol. The van der Waals surface area contributed by atoms with E-state index in [-0.39, 0.29) is 22.3 Å². The van der Waals surface area contributed by atoms with Crippen LogP contribution >= 0.6 is 0 Å². The molecular weight excluding hydrogens is 282 g/mol. The Bertz CT molecular complexity index is 630. The van der Waals surface area contributed by atoms with Crippen LogP contribution in [0.3, 0.4) is 0 Å². The molecule has 0 spiro atoms. The van der Waals surface area contributed by atoms with Gasteiger partial charge in [-0.15, -0.1) is 0 Å². The maximum absolute atomic E-state index is 12.5. The third-order valence-electron chi connectivity index (χ3n) is 3.53. The van der Waals surface area contributed by atoms with Gasteiger partial charge in [-0.2, -0.15) is 4.31 Å². The lowest BCUT2D eigenvalue weighted by Crippen LogP contribution is -2.33. The van der Waals surface area contributed by atoms with Crippen LogP contribution < -0.4 is 5.32 Å². The number of hydrogen-bond donors (Lipinski definition) is 1. The molecule has 1 unspecified atom stereocenters. The fraction of sp³-hybridized carbons (Fsp3) is 0.500. The van der Waals surface area contributed by atoms with Crippen molar-refractivity contribution in [1.29, 1.82) is 0 Å². The minimum Gasteiger partial charge on any atom is -0.383 e. The molecule has 0 radical (unpaired) electrons. The summed E-state index contributed by atoms with van der Waals surface area (Å²) in [6.45, 7) is 2.37. The lowest BCUT2D eigenvalue weighted by molar-refractivity contribution is -0.384. The zero-order valence-corrected chi connectivity index (χ0v) is 12.2. The number of benzene rings is 1. The molecule has 1 aliphatic rings. The van der Waals surface area contributed by atoms with Gasteiger partial charge in [0.05, 0.1) is 9.82 Å². The molecule has 1 fully saturated rings. The maximum Gasteiger partial charge on any atom is 0.292 e. The molecule has 0 saturated carbocycles. The minimum absolute atomic E-state index is 0.0340. The van der Waals surface area contributed by atoms with Crippen molar-refractivity contribution in [2.45, 2.75) is 30.7 Å². The van der Waals surface area contributed by atoms with Crippen LogP contribution in [0.5, 0.6) is 0 Å². The Balaban J connectivity index is 2.45. The van der Waals surface area contributed by atoms with E-state index in [4.69, 9.17) is 0 Å². The second kappa shape index (κ2) is 5.37. The van der Waals surface area contributed by atoms with Gasteiger partial charge < -0.3 is 5.32 Å².